The highest BCUT2D eigenvalue weighted by molar-refractivity contribution is 5.54. The maximum atomic E-state index is 8.89. The second-order valence-electron chi connectivity index (χ2n) is 4.20. The molecular weight excluding hydrogens is 204 g/mol. The second kappa shape index (κ2) is 3.34. The molecule has 16 heavy (non-hydrogen) atoms. The quantitative estimate of drug-likeness (QED) is 0.648. The van der Waals surface area contributed by atoms with Crippen LogP contribution in [0, 0.1) is 18.3 Å². The molecular formula is C11H12N4O. The summed E-state index contributed by atoms with van der Waals surface area (Å²) >= 11 is 0. The summed E-state index contributed by atoms with van der Waals surface area (Å²) in [5.74, 6) is 1.32. The van der Waals surface area contributed by atoms with E-state index in [1.165, 1.54) is 6.42 Å². The van der Waals surface area contributed by atoms with Crippen LogP contribution in [0.25, 0.3) is 0 Å². The van der Waals surface area contributed by atoms with Crippen LogP contribution in [-0.2, 0) is 0 Å². The van der Waals surface area contributed by atoms with E-state index >= 15 is 0 Å². The van der Waals surface area contributed by atoms with Gasteiger partial charge in [0.1, 0.15) is 12.7 Å². The molecule has 82 valence electrons. The maximum absolute atomic E-state index is 8.89. The Morgan fingerprint density at radius 3 is 3.19 bits per heavy atom. The first-order valence-corrected chi connectivity index (χ1v) is 5.48. The molecule has 1 saturated heterocycles. The molecule has 1 aromatic heterocycles. The largest absolute Gasteiger partial charge is 0.473 e. The SMILES string of the molecule is Cc1nc2c(nc1C#N)OCC1CCCN21. The molecule has 2 aliphatic rings. The molecule has 0 spiro atoms. The summed E-state index contributed by atoms with van der Waals surface area (Å²) in [7, 11) is 0. The van der Waals surface area contributed by atoms with E-state index in [0.717, 1.165) is 18.8 Å². The van der Waals surface area contributed by atoms with Crippen molar-refractivity contribution >= 4 is 5.82 Å². The maximum Gasteiger partial charge on any atom is 0.259 e. The summed E-state index contributed by atoms with van der Waals surface area (Å²) in [6.45, 7) is 3.49. The summed E-state index contributed by atoms with van der Waals surface area (Å²) in [5.41, 5.74) is 1.04. The molecule has 0 radical (unpaired) electrons. The molecule has 1 aromatic rings. The zero-order valence-corrected chi connectivity index (χ0v) is 9.10. The Labute approximate surface area is 93.7 Å². The average molecular weight is 216 g/mol. The Balaban J connectivity index is 2.10. The van der Waals surface area contributed by atoms with E-state index in [4.69, 9.17) is 10.00 Å². The van der Waals surface area contributed by atoms with Crippen LogP contribution in [0.1, 0.15) is 24.2 Å². The van der Waals surface area contributed by atoms with Gasteiger partial charge in [-0.2, -0.15) is 10.2 Å². The lowest BCUT2D eigenvalue weighted by atomic mass is 10.2. The fourth-order valence-corrected chi connectivity index (χ4v) is 2.34. The van der Waals surface area contributed by atoms with Gasteiger partial charge in [0, 0.05) is 6.54 Å². The fourth-order valence-electron chi connectivity index (χ4n) is 2.34. The summed E-state index contributed by atoms with van der Waals surface area (Å²) in [6.07, 6.45) is 2.33. The van der Waals surface area contributed by atoms with Gasteiger partial charge in [-0.1, -0.05) is 0 Å². The Bertz CT molecular complexity index is 480. The van der Waals surface area contributed by atoms with Crippen molar-refractivity contribution in [3.63, 3.8) is 0 Å². The third-order valence-corrected chi connectivity index (χ3v) is 3.19. The van der Waals surface area contributed by atoms with Gasteiger partial charge in [-0.25, -0.2) is 4.98 Å². The molecule has 5 nitrogen and oxygen atoms in total. The highest BCUT2D eigenvalue weighted by Gasteiger charge is 2.33. The number of anilines is 1. The van der Waals surface area contributed by atoms with Gasteiger partial charge in [0.2, 0.25) is 0 Å². The summed E-state index contributed by atoms with van der Waals surface area (Å²) < 4.78 is 5.57. The normalized spacial score (nSPS) is 22.0. The molecule has 0 bridgehead atoms. The molecule has 0 aromatic carbocycles. The van der Waals surface area contributed by atoms with Crippen molar-refractivity contribution in [3.05, 3.63) is 11.4 Å². The number of aryl methyl sites for hydroxylation is 1. The first kappa shape index (κ1) is 9.40. The summed E-state index contributed by atoms with van der Waals surface area (Å²) in [4.78, 5) is 10.9. The third-order valence-electron chi connectivity index (χ3n) is 3.19. The zero-order valence-electron chi connectivity index (χ0n) is 9.10. The van der Waals surface area contributed by atoms with Crippen LogP contribution in [0.2, 0.25) is 0 Å². The minimum Gasteiger partial charge on any atom is -0.473 e. The van der Waals surface area contributed by atoms with Crippen LogP contribution in [0.4, 0.5) is 5.82 Å². The molecule has 0 N–H and O–H groups in total. The monoisotopic (exact) mass is 216 g/mol. The second-order valence-corrected chi connectivity index (χ2v) is 4.20. The molecule has 1 fully saturated rings. The van der Waals surface area contributed by atoms with E-state index in [1.807, 2.05) is 13.0 Å². The van der Waals surface area contributed by atoms with Crippen molar-refractivity contribution in [1.82, 2.24) is 9.97 Å². The van der Waals surface area contributed by atoms with Crippen LogP contribution in [0.3, 0.4) is 0 Å². The van der Waals surface area contributed by atoms with Crippen LogP contribution in [0.5, 0.6) is 5.88 Å². The minimum absolute atomic E-state index is 0.358. The molecule has 5 heteroatoms. The van der Waals surface area contributed by atoms with E-state index < -0.39 is 0 Å². The van der Waals surface area contributed by atoms with Gasteiger partial charge in [0.25, 0.3) is 5.88 Å². The fraction of sp³-hybridized carbons (Fsp3) is 0.545. The Kier molecular flexibility index (Phi) is 1.96. The predicted molar refractivity (Wildman–Crippen MR) is 57.3 cm³/mol. The third kappa shape index (κ3) is 1.23. The van der Waals surface area contributed by atoms with Gasteiger partial charge in [0.15, 0.2) is 11.5 Å². The zero-order chi connectivity index (χ0) is 11.1. The van der Waals surface area contributed by atoms with Gasteiger partial charge in [-0.3, -0.25) is 0 Å². The van der Waals surface area contributed by atoms with Crippen molar-refractivity contribution in [2.45, 2.75) is 25.8 Å². The number of fused-ring (bicyclic) bond motifs is 3. The highest BCUT2D eigenvalue weighted by Crippen LogP contribution is 2.35. The molecule has 0 amide bonds. The Morgan fingerprint density at radius 1 is 1.50 bits per heavy atom. The lowest BCUT2D eigenvalue weighted by molar-refractivity contribution is 0.258. The van der Waals surface area contributed by atoms with E-state index in [-0.39, 0.29) is 0 Å². The van der Waals surface area contributed by atoms with Crippen LogP contribution in [-0.4, -0.2) is 29.2 Å². The van der Waals surface area contributed by atoms with E-state index in [9.17, 15) is 0 Å². The number of ether oxygens (including phenoxy) is 1. The smallest absolute Gasteiger partial charge is 0.259 e. The number of nitriles is 1. The highest BCUT2D eigenvalue weighted by atomic mass is 16.5. The van der Waals surface area contributed by atoms with E-state index in [0.29, 0.717) is 29.9 Å². The number of aromatic nitrogens is 2. The van der Waals surface area contributed by atoms with Crippen molar-refractivity contribution in [2.24, 2.45) is 0 Å². The first-order chi connectivity index (χ1) is 7.79. The number of rotatable bonds is 0. The predicted octanol–water partition coefficient (Wildman–Crippen LogP) is 1.02. The van der Waals surface area contributed by atoms with Crippen LogP contribution in [0.15, 0.2) is 0 Å². The number of nitrogens with zero attached hydrogens (tertiary/aromatic N) is 4. The Morgan fingerprint density at radius 2 is 2.38 bits per heavy atom. The molecule has 0 aliphatic carbocycles. The molecule has 3 rings (SSSR count). The van der Waals surface area contributed by atoms with Gasteiger partial charge < -0.3 is 9.64 Å². The van der Waals surface area contributed by atoms with Crippen LogP contribution >= 0.6 is 0 Å². The average Bonchev–Trinajstić information content (AvgIpc) is 2.76. The van der Waals surface area contributed by atoms with Gasteiger partial charge in [0.05, 0.1) is 11.7 Å². The standard InChI is InChI=1S/C11H12N4O/c1-7-9(5-12)14-11-10(13-7)15-4-2-3-8(15)6-16-11/h8H,2-4,6H2,1H3. The molecule has 1 atom stereocenters. The van der Waals surface area contributed by atoms with Crippen molar-refractivity contribution in [2.75, 3.05) is 18.1 Å². The number of hydrogen-bond acceptors (Lipinski definition) is 5. The van der Waals surface area contributed by atoms with Gasteiger partial charge >= 0.3 is 0 Å². The van der Waals surface area contributed by atoms with Crippen molar-refractivity contribution in [1.29, 1.82) is 5.26 Å². The van der Waals surface area contributed by atoms with Crippen LogP contribution < -0.4 is 9.64 Å². The lowest BCUT2D eigenvalue weighted by Gasteiger charge is -2.31. The van der Waals surface area contributed by atoms with Gasteiger partial charge in [-0.05, 0) is 19.8 Å². The minimum atomic E-state index is 0.358. The summed E-state index contributed by atoms with van der Waals surface area (Å²) in [5, 5.41) is 8.89. The van der Waals surface area contributed by atoms with Gasteiger partial charge in [-0.15, -0.1) is 0 Å². The first-order valence-electron chi connectivity index (χ1n) is 5.48. The lowest BCUT2D eigenvalue weighted by Crippen LogP contribution is -2.39. The molecule has 2 aliphatic heterocycles. The molecule has 0 saturated carbocycles. The molecule has 1 unspecified atom stereocenters. The topological polar surface area (TPSA) is 62.0 Å². The van der Waals surface area contributed by atoms with Crippen molar-refractivity contribution < 1.29 is 4.74 Å². The molecule has 3 heterocycles. The number of hydrogen-bond donors (Lipinski definition) is 0. The summed E-state index contributed by atoms with van der Waals surface area (Å²) in [6, 6.07) is 2.47. The van der Waals surface area contributed by atoms with E-state index in [1.54, 1.807) is 0 Å². The van der Waals surface area contributed by atoms with E-state index in [2.05, 4.69) is 14.9 Å². The van der Waals surface area contributed by atoms with Crippen molar-refractivity contribution in [3.8, 4) is 11.9 Å². The Hall–Kier alpha value is -1.83.